The van der Waals surface area contributed by atoms with E-state index in [1.807, 2.05) is 36.5 Å². The van der Waals surface area contributed by atoms with E-state index in [0.717, 1.165) is 16.5 Å². The summed E-state index contributed by atoms with van der Waals surface area (Å²) in [6, 6.07) is 13.2. The summed E-state index contributed by atoms with van der Waals surface area (Å²) in [5.74, 6) is 0.239. The highest BCUT2D eigenvalue weighted by atomic mass is 35.5. The maximum atomic E-state index is 11.2. The van der Waals surface area contributed by atoms with Crippen molar-refractivity contribution in [3.05, 3.63) is 64.3 Å². The standard InChI is InChI=1S/C17H13Cl2NO2/c1-11(21)22-17-4-2-3-16-13(17)7-8-20(16)10-12-5-6-14(18)15(19)9-12/h2-9H,10H2,1H3. The fourth-order valence-electron chi connectivity index (χ4n) is 2.41. The highest BCUT2D eigenvalue weighted by Crippen LogP contribution is 2.28. The first-order chi connectivity index (χ1) is 10.5. The lowest BCUT2D eigenvalue weighted by Gasteiger charge is -2.08. The Kier molecular flexibility index (Phi) is 4.10. The number of hydrogen-bond donors (Lipinski definition) is 0. The first-order valence-electron chi connectivity index (χ1n) is 6.75. The molecule has 0 saturated carbocycles. The SMILES string of the molecule is CC(=O)Oc1cccc2c1ccn2Cc1ccc(Cl)c(Cl)c1. The summed E-state index contributed by atoms with van der Waals surface area (Å²) in [6.07, 6.45) is 1.96. The summed E-state index contributed by atoms with van der Waals surface area (Å²) in [7, 11) is 0. The van der Waals surface area contributed by atoms with Gasteiger partial charge in [-0.05, 0) is 35.9 Å². The zero-order chi connectivity index (χ0) is 15.7. The van der Waals surface area contributed by atoms with Crippen molar-refractivity contribution in [1.82, 2.24) is 4.57 Å². The molecule has 0 amide bonds. The average molecular weight is 334 g/mol. The van der Waals surface area contributed by atoms with Crippen molar-refractivity contribution in [2.75, 3.05) is 0 Å². The molecule has 0 aliphatic rings. The molecule has 0 aliphatic heterocycles. The van der Waals surface area contributed by atoms with Crippen LogP contribution in [0.4, 0.5) is 0 Å². The van der Waals surface area contributed by atoms with Gasteiger partial charge in [-0.25, -0.2) is 0 Å². The van der Waals surface area contributed by atoms with E-state index in [0.29, 0.717) is 22.3 Å². The van der Waals surface area contributed by atoms with Crippen LogP contribution in [0.1, 0.15) is 12.5 Å². The van der Waals surface area contributed by atoms with Crippen LogP contribution in [-0.4, -0.2) is 10.5 Å². The van der Waals surface area contributed by atoms with Gasteiger partial charge in [0.25, 0.3) is 0 Å². The number of carbonyl (C=O) groups is 1. The van der Waals surface area contributed by atoms with Crippen molar-refractivity contribution in [3.8, 4) is 5.75 Å². The largest absolute Gasteiger partial charge is 0.426 e. The maximum Gasteiger partial charge on any atom is 0.308 e. The van der Waals surface area contributed by atoms with Crippen LogP contribution in [0, 0.1) is 0 Å². The third-order valence-corrected chi connectivity index (χ3v) is 4.10. The molecule has 3 rings (SSSR count). The third kappa shape index (κ3) is 2.96. The summed E-state index contributed by atoms with van der Waals surface area (Å²) in [5, 5.41) is 1.98. The highest BCUT2D eigenvalue weighted by molar-refractivity contribution is 6.42. The minimum atomic E-state index is -0.329. The van der Waals surface area contributed by atoms with E-state index in [2.05, 4.69) is 4.57 Å². The van der Waals surface area contributed by atoms with Crippen LogP contribution >= 0.6 is 23.2 Å². The molecular formula is C17H13Cl2NO2. The molecule has 22 heavy (non-hydrogen) atoms. The predicted molar refractivity (Wildman–Crippen MR) is 88.8 cm³/mol. The summed E-state index contributed by atoms with van der Waals surface area (Å²) in [4.78, 5) is 11.2. The molecule has 0 radical (unpaired) electrons. The summed E-state index contributed by atoms with van der Waals surface area (Å²) in [6.45, 7) is 2.05. The Morgan fingerprint density at radius 2 is 1.95 bits per heavy atom. The predicted octanol–water partition coefficient (Wildman–Crippen LogP) is 4.92. The quantitative estimate of drug-likeness (QED) is 0.503. The molecule has 0 spiro atoms. The van der Waals surface area contributed by atoms with Gasteiger partial charge in [-0.2, -0.15) is 0 Å². The van der Waals surface area contributed by atoms with E-state index in [1.54, 1.807) is 12.1 Å². The molecule has 0 saturated heterocycles. The lowest BCUT2D eigenvalue weighted by molar-refractivity contribution is -0.131. The normalized spacial score (nSPS) is 10.9. The number of ether oxygens (including phenoxy) is 1. The van der Waals surface area contributed by atoms with Crippen LogP contribution in [-0.2, 0) is 11.3 Å². The van der Waals surface area contributed by atoms with Crippen LogP contribution in [0.25, 0.3) is 10.9 Å². The minimum absolute atomic E-state index is 0.329. The molecule has 112 valence electrons. The number of nitrogens with zero attached hydrogens (tertiary/aromatic N) is 1. The van der Waals surface area contributed by atoms with E-state index in [1.165, 1.54) is 6.92 Å². The van der Waals surface area contributed by atoms with Gasteiger partial charge in [0.05, 0.1) is 15.6 Å². The second-order valence-electron chi connectivity index (χ2n) is 4.97. The van der Waals surface area contributed by atoms with Crippen LogP contribution in [0.3, 0.4) is 0 Å². The van der Waals surface area contributed by atoms with Gasteiger partial charge in [-0.3, -0.25) is 4.79 Å². The zero-order valence-corrected chi connectivity index (χ0v) is 13.4. The molecule has 1 aromatic heterocycles. The van der Waals surface area contributed by atoms with Crippen molar-refractivity contribution in [3.63, 3.8) is 0 Å². The fourth-order valence-corrected chi connectivity index (χ4v) is 2.73. The highest BCUT2D eigenvalue weighted by Gasteiger charge is 2.09. The van der Waals surface area contributed by atoms with Gasteiger partial charge < -0.3 is 9.30 Å². The first-order valence-corrected chi connectivity index (χ1v) is 7.50. The molecule has 0 fully saturated rings. The minimum Gasteiger partial charge on any atom is -0.426 e. The molecule has 3 nitrogen and oxygen atoms in total. The molecule has 3 aromatic rings. The van der Waals surface area contributed by atoms with Gasteiger partial charge in [0.15, 0.2) is 0 Å². The molecule has 0 bridgehead atoms. The van der Waals surface area contributed by atoms with E-state index in [4.69, 9.17) is 27.9 Å². The number of halogens is 2. The van der Waals surface area contributed by atoms with Gasteiger partial charge in [-0.15, -0.1) is 0 Å². The molecule has 0 unspecified atom stereocenters. The number of rotatable bonds is 3. The second-order valence-corrected chi connectivity index (χ2v) is 5.79. The smallest absolute Gasteiger partial charge is 0.308 e. The van der Waals surface area contributed by atoms with Crippen LogP contribution in [0.15, 0.2) is 48.7 Å². The van der Waals surface area contributed by atoms with Crippen molar-refractivity contribution < 1.29 is 9.53 Å². The fraction of sp³-hybridized carbons (Fsp3) is 0.118. The zero-order valence-electron chi connectivity index (χ0n) is 11.8. The van der Waals surface area contributed by atoms with Gasteiger partial charge >= 0.3 is 5.97 Å². The van der Waals surface area contributed by atoms with Crippen molar-refractivity contribution >= 4 is 40.1 Å². The van der Waals surface area contributed by atoms with Gasteiger partial charge in [0, 0.05) is 25.1 Å². The van der Waals surface area contributed by atoms with E-state index >= 15 is 0 Å². The Hall–Kier alpha value is -1.97. The molecule has 5 heteroatoms. The number of hydrogen-bond acceptors (Lipinski definition) is 2. The lowest BCUT2D eigenvalue weighted by atomic mass is 10.2. The van der Waals surface area contributed by atoms with E-state index in [9.17, 15) is 4.79 Å². The second kappa shape index (κ2) is 6.03. The number of aromatic nitrogens is 1. The third-order valence-electron chi connectivity index (χ3n) is 3.36. The number of benzene rings is 2. The lowest BCUT2D eigenvalue weighted by Crippen LogP contribution is -2.02. The Labute approximate surface area is 138 Å². The van der Waals surface area contributed by atoms with Crippen LogP contribution in [0.2, 0.25) is 10.0 Å². The topological polar surface area (TPSA) is 31.2 Å². The van der Waals surface area contributed by atoms with Gasteiger partial charge in [0.1, 0.15) is 5.75 Å². The van der Waals surface area contributed by atoms with Crippen LogP contribution < -0.4 is 4.74 Å². The Bertz CT molecular complexity index is 855. The molecular weight excluding hydrogens is 321 g/mol. The van der Waals surface area contributed by atoms with Gasteiger partial charge in [-0.1, -0.05) is 35.3 Å². The van der Waals surface area contributed by atoms with E-state index < -0.39 is 0 Å². The first kappa shape index (κ1) is 14.9. The Morgan fingerprint density at radius 3 is 2.68 bits per heavy atom. The van der Waals surface area contributed by atoms with Crippen molar-refractivity contribution in [2.45, 2.75) is 13.5 Å². The molecule has 1 heterocycles. The number of fused-ring (bicyclic) bond motifs is 1. The summed E-state index contributed by atoms with van der Waals surface area (Å²) >= 11 is 12.0. The molecule has 0 N–H and O–H groups in total. The molecule has 0 atom stereocenters. The van der Waals surface area contributed by atoms with E-state index in [-0.39, 0.29) is 5.97 Å². The summed E-state index contributed by atoms with van der Waals surface area (Å²) in [5.41, 5.74) is 2.04. The summed E-state index contributed by atoms with van der Waals surface area (Å²) < 4.78 is 7.31. The van der Waals surface area contributed by atoms with Gasteiger partial charge in [0.2, 0.25) is 0 Å². The Balaban J connectivity index is 1.98. The Morgan fingerprint density at radius 1 is 1.14 bits per heavy atom. The maximum absolute atomic E-state index is 11.2. The monoisotopic (exact) mass is 333 g/mol. The average Bonchev–Trinajstić information content (AvgIpc) is 2.87. The molecule has 0 aliphatic carbocycles. The molecule has 2 aromatic carbocycles. The van der Waals surface area contributed by atoms with Crippen LogP contribution in [0.5, 0.6) is 5.75 Å². The number of esters is 1. The van der Waals surface area contributed by atoms with Crippen molar-refractivity contribution in [1.29, 1.82) is 0 Å². The number of carbonyl (C=O) groups excluding carboxylic acids is 1. The van der Waals surface area contributed by atoms with Crippen molar-refractivity contribution in [2.24, 2.45) is 0 Å².